The monoisotopic (exact) mass is 444 g/mol. The SMILES string of the molecule is Cc1cc(OCc2ccc(Cl)c(Cl)c2)cc2c1C(=O)/C(=C/c1cccc(Cl)c1)O2. The standard InChI is InChI=1S/C23H15Cl3O3/c1-13-7-17(28-12-15-5-6-18(25)19(26)9-15)11-20-22(13)23(27)21(29-20)10-14-3-2-4-16(24)8-14/h2-11H,12H2,1H3/b21-10-. The number of hydrogen-bond donors (Lipinski definition) is 0. The van der Waals surface area contributed by atoms with Gasteiger partial charge in [0.15, 0.2) is 5.76 Å². The van der Waals surface area contributed by atoms with Crippen molar-refractivity contribution in [1.82, 2.24) is 0 Å². The summed E-state index contributed by atoms with van der Waals surface area (Å²) in [7, 11) is 0. The molecule has 0 N–H and O–H groups in total. The first kappa shape index (κ1) is 19.8. The molecule has 146 valence electrons. The van der Waals surface area contributed by atoms with Crippen LogP contribution >= 0.6 is 34.8 Å². The first-order valence-electron chi connectivity index (χ1n) is 8.82. The van der Waals surface area contributed by atoms with Gasteiger partial charge in [0, 0.05) is 11.1 Å². The Bertz CT molecular complexity index is 1150. The van der Waals surface area contributed by atoms with Crippen LogP contribution < -0.4 is 9.47 Å². The number of hydrogen-bond acceptors (Lipinski definition) is 3. The zero-order valence-electron chi connectivity index (χ0n) is 15.3. The van der Waals surface area contributed by atoms with Gasteiger partial charge < -0.3 is 9.47 Å². The lowest BCUT2D eigenvalue weighted by molar-refractivity contribution is 0.101. The number of rotatable bonds is 4. The zero-order valence-corrected chi connectivity index (χ0v) is 17.6. The average molecular weight is 446 g/mol. The lowest BCUT2D eigenvalue weighted by atomic mass is 10.0. The smallest absolute Gasteiger partial charge is 0.232 e. The molecule has 0 radical (unpaired) electrons. The summed E-state index contributed by atoms with van der Waals surface area (Å²) in [5.74, 6) is 1.18. The number of ketones is 1. The highest BCUT2D eigenvalue weighted by Gasteiger charge is 2.30. The van der Waals surface area contributed by atoms with Gasteiger partial charge in [0.25, 0.3) is 0 Å². The average Bonchev–Trinajstić information content (AvgIpc) is 2.98. The Morgan fingerprint density at radius 1 is 1.00 bits per heavy atom. The third kappa shape index (κ3) is 4.27. The van der Waals surface area contributed by atoms with E-state index in [0.29, 0.717) is 38.7 Å². The molecule has 4 rings (SSSR count). The van der Waals surface area contributed by atoms with Crippen LogP contribution in [0.4, 0.5) is 0 Å². The summed E-state index contributed by atoms with van der Waals surface area (Å²) in [5.41, 5.74) is 3.00. The topological polar surface area (TPSA) is 35.5 Å². The molecule has 3 nitrogen and oxygen atoms in total. The van der Waals surface area contributed by atoms with E-state index in [1.807, 2.05) is 31.2 Å². The Balaban J connectivity index is 1.56. The second-order valence-corrected chi connectivity index (χ2v) is 7.90. The number of benzene rings is 3. The van der Waals surface area contributed by atoms with E-state index in [2.05, 4.69) is 0 Å². The lowest BCUT2D eigenvalue weighted by Crippen LogP contribution is -2.00. The number of aryl methyl sites for hydroxylation is 1. The molecule has 0 saturated heterocycles. The molecule has 0 fully saturated rings. The van der Waals surface area contributed by atoms with E-state index in [-0.39, 0.29) is 11.5 Å². The van der Waals surface area contributed by atoms with Gasteiger partial charge in [-0.1, -0.05) is 53.0 Å². The van der Waals surface area contributed by atoms with Crippen LogP contribution in [0.3, 0.4) is 0 Å². The van der Waals surface area contributed by atoms with Gasteiger partial charge in [-0.15, -0.1) is 0 Å². The summed E-state index contributed by atoms with van der Waals surface area (Å²) in [6.07, 6.45) is 1.68. The van der Waals surface area contributed by atoms with Gasteiger partial charge >= 0.3 is 0 Å². The van der Waals surface area contributed by atoms with Crippen molar-refractivity contribution in [2.75, 3.05) is 0 Å². The molecule has 3 aromatic carbocycles. The van der Waals surface area contributed by atoms with E-state index in [4.69, 9.17) is 44.3 Å². The molecule has 0 spiro atoms. The molecule has 0 bridgehead atoms. The van der Waals surface area contributed by atoms with Crippen molar-refractivity contribution in [2.24, 2.45) is 0 Å². The quantitative estimate of drug-likeness (QED) is 0.400. The lowest BCUT2D eigenvalue weighted by Gasteiger charge is -2.10. The molecule has 0 saturated carbocycles. The molecule has 0 unspecified atom stereocenters. The van der Waals surface area contributed by atoms with Crippen LogP contribution in [0.5, 0.6) is 11.5 Å². The van der Waals surface area contributed by atoms with E-state index in [1.165, 1.54) is 0 Å². The van der Waals surface area contributed by atoms with Crippen molar-refractivity contribution < 1.29 is 14.3 Å². The second-order valence-electron chi connectivity index (χ2n) is 6.65. The van der Waals surface area contributed by atoms with Crippen molar-refractivity contribution >= 4 is 46.7 Å². The Hall–Kier alpha value is -2.46. The molecule has 1 aliphatic heterocycles. The van der Waals surface area contributed by atoms with Gasteiger partial charge in [-0.2, -0.15) is 0 Å². The number of Topliss-reactive ketones (excluding diaryl/α,β-unsaturated/α-hetero) is 1. The largest absolute Gasteiger partial charge is 0.489 e. The maximum absolute atomic E-state index is 12.8. The van der Waals surface area contributed by atoms with Crippen molar-refractivity contribution in [3.8, 4) is 11.5 Å². The van der Waals surface area contributed by atoms with Gasteiger partial charge in [-0.05, 0) is 60.0 Å². The molecule has 0 aromatic heterocycles. The van der Waals surface area contributed by atoms with Gasteiger partial charge in [-0.3, -0.25) is 4.79 Å². The summed E-state index contributed by atoms with van der Waals surface area (Å²) in [6.45, 7) is 2.17. The van der Waals surface area contributed by atoms with E-state index in [0.717, 1.165) is 16.7 Å². The summed E-state index contributed by atoms with van der Waals surface area (Å²) < 4.78 is 11.7. The number of ether oxygens (including phenoxy) is 2. The summed E-state index contributed by atoms with van der Waals surface area (Å²) in [6, 6.07) is 16.1. The van der Waals surface area contributed by atoms with Crippen molar-refractivity contribution in [3.63, 3.8) is 0 Å². The summed E-state index contributed by atoms with van der Waals surface area (Å²) in [5, 5.41) is 1.56. The molecule has 0 aliphatic carbocycles. The first-order chi connectivity index (χ1) is 13.9. The minimum atomic E-state index is -0.159. The minimum absolute atomic E-state index is 0.159. The summed E-state index contributed by atoms with van der Waals surface area (Å²) in [4.78, 5) is 12.8. The maximum atomic E-state index is 12.8. The van der Waals surface area contributed by atoms with E-state index >= 15 is 0 Å². The third-order valence-corrected chi connectivity index (χ3v) is 5.45. The molecule has 29 heavy (non-hydrogen) atoms. The minimum Gasteiger partial charge on any atom is -0.489 e. The van der Waals surface area contributed by atoms with Crippen molar-refractivity contribution in [2.45, 2.75) is 13.5 Å². The maximum Gasteiger partial charge on any atom is 0.232 e. The van der Waals surface area contributed by atoms with E-state index in [9.17, 15) is 4.79 Å². The molecule has 1 heterocycles. The van der Waals surface area contributed by atoms with Gasteiger partial charge in [-0.25, -0.2) is 0 Å². The highest BCUT2D eigenvalue weighted by atomic mass is 35.5. The zero-order chi connectivity index (χ0) is 20.5. The van der Waals surface area contributed by atoms with Crippen LogP contribution in [0.1, 0.15) is 27.0 Å². The van der Waals surface area contributed by atoms with Gasteiger partial charge in [0.05, 0.1) is 15.6 Å². The predicted molar refractivity (Wildman–Crippen MR) is 116 cm³/mol. The van der Waals surface area contributed by atoms with Crippen molar-refractivity contribution in [1.29, 1.82) is 0 Å². The van der Waals surface area contributed by atoms with Crippen molar-refractivity contribution in [3.05, 3.63) is 97.7 Å². The number of halogens is 3. The molecule has 3 aromatic rings. The fraction of sp³-hybridized carbons (Fsp3) is 0.0870. The number of fused-ring (bicyclic) bond motifs is 1. The fourth-order valence-corrected chi connectivity index (χ4v) is 3.62. The first-order valence-corrected chi connectivity index (χ1v) is 9.95. The van der Waals surface area contributed by atoms with Gasteiger partial charge in [0.1, 0.15) is 18.1 Å². The Morgan fingerprint density at radius 2 is 1.83 bits per heavy atom. The van der Waals surface area contributed by atoms with Crippen LogP contribution in [0.15, 0.2) is 60.4 Å². The van der Waals surface area contributed by atoms with E-state index in [1.54, 1.807) is 36.4 Å². The number of carbonyl (C=O) groups excluding carboxylic acids is 1. The van der Waals surface area contributed by atoms with Crippen LogP contribution in [-0.2, 0) is 6.61 Å². The van der Waals surface area contributed by atoms with Gasteiger partial charge in [0.2, 0.25) is 5.78 Å². The van der Waals surface area contributed by atoms with E-state index < -0.39 is 0 Å². The Kier molecular flexibility index (Phi) is 5.55. The highest BCUT2D eigenvalue weighted by Crippen LogP contribution is 2.38. The second kappa shape index (κ2) is 8.11. The molecule has 1 aliphatic rings. The summed E-state index contributed by atoms with van der Waals surface area (Å²) >= 11 is 18.0. The molecular weight excluding hydrogens is 431 g/mol. The molecule has 0 atom stereocenters. The normalized spacial score (nSPS) is 14.1. The molecule has 0 amide bonds. The number of carbonyl (C=O) groups is 1. The Morgan fingerprint density at radius 3 is 2.59 bits per heavy atom. The van der Waals surface area contributed by atoms with Crippen LogP contribution in [0.25, 0.3) is 6.08 Å². The van der Waals surface area contributed by atoms with Crippen LogP contribution in [0, 0.1) is 6.92 Å². The molecular formula is C23H15Cl3O3. The number of allylic oxidation sites excluding steroid dienone is 1. The predicted octanol–water partition coefficient (Wildman–Crippen LogP) is 7.15. The Labute approximate surface area is 183 Å². The molecule has 6 heteroatoms. The van der Waals surface area contributed by atoms with Crippen LogP contribution in [-0.4, -0.2) is 5.78 Å². The fourth-order valence-electron chi connectivity index (χ4n) is 3.10. The third-order valence-electron chi connectivity index (χ3n) is 4.48. The van der Waals surface area contributed by atoms with Crippen LogP contribution in [0.2, 0.25) is 15.1 Å². The highest BCUT2D eigenvalue weighted by molar-refractivity contribution is 6.42.